The molecule has 3 aromatic rings. The fraction of sp³-hybridized carbons (Fsp3) is 0.357. The van der Waals surface area contributed by atoms with Crippen molar-refractivity contribution >= 4 is 28.7 Å². The van der Waals surface area contributed by atoms with Gasteiger partial charge in [0.1, 0.15) is 5.58 Å². The van der Waals surface area contributed by atoms with E-state index in [1.54, 1.807) is 29.2 Å². The highest BCUT2D eigenvalue weighted by atomic mass is 16.3. The topological polar surface area (TPSA) is 99.9 Å². The Bertz CT molecular complexity index is 1360. The number of para-hydroxylation sites is 1. The molecule has 8 heteroatoms. The number of nitrogens with one attached hydrogen (secondary N) is 1. The van der Waals surface area contributed by atoms with E-state index < -0.39 is 5.91 Å². The summed E-state index contributed by atoms with van der Waals surface area (Å²) >= 11 is 0. The van der Waals surface area contributed by atoms with Gasteiger partial charge in [-0.1, -0.05) is 36.4 Å². The van der Waals surface area contributed by atoms with Crippen LogP contribution in [-0.4, -0.2) is 53.7 Å². The lowest BCUT2D eigenvalue weighted by atomic mass is 9.86. The molecular formula is C28H29N3O5. The minimum Gasteiger partial charge on any atom is -0.451 e. The first kappa shape index (κ1) is 23.8. The minimum absolute atomic E-state index is 0.113. The molecular weight excluding hydrogens is 458 g/mol. The summed E-state index contributed by atoms with van der Waals surface area (Å²) in [6.45, 7) is 2.50. The molecule has 0 spiro atoms. The van der Waals surface area contributed by atoms with E-state index in [1.807, 2.05) is 17.0 Å². The molecule has 2 aliphatic rings. The molecule has 0 saturated carbocycles. The highest BCUT2D eigenvalue weighted by Crippen LogP contribution is 2.31. The zero-order chi connectivity index (χ0) is 25.1. The molecule has 2 fully saturated rings. The van der Waals surface area contributed by atoms with Crippen LogP contribution in [0.5, 0.6) is 0 Å². The smallest absolute Gasteiger partial charge is 0.287 e. The fourth-order valence-electron chi connectivity index (χ4n) is 5.16. The second-order valence-corrected chi connectivity index (χ2v) is 9.43. The van der Waals surface area contributed by atoms with Crippen molar-refractivity contribution in [3.05, 3.63) is 81.7 Å². The molecule has 36 heavy (non-hydrogen) atoms. The van der Waals surface area contributed by atoms with Gasteiger partial charge in [0.25, 0.3) is 5.91 Å². The number of hydrogen-bond acceptors (Lipinski definition) is 5. The minimum atomic E-state index is -0.591. The van der Waals surface area contributed by atoms with E-state index in [2.05, 4.69) is 17.4 Å². The number of hydrogen-bond donors (Lipinski definition) is 1. The highest BCUT2D eigenvalue weighted by Gasteiger charge is 2.27. The largest absolute Gasteiger partial charge is 0.451 e. The van der Waals surface area contributed by atoms with Crippen molar-refractivity contribution in [3.8, 4) is 0 Å². The number of carbonyl (C=O) groups excluding carboxylic acids is 3. The average molecular weight is 488 g/mol. The summed E-state index contributed by atoms with van der Waals surface area (Å²) in [5, 5.41) is 2.99. The number of piperidine rings is 1. The van der Waals surface area contributed by atoms with E-state index in [0.29, 0.717) is 42.9 Å². The summed E-state index contributed by atoms with van der Waals surface area (Å²) in [4.78, 5) is 53.3. The van der Waals surface area contributed by atoms with Gasteiger partial charge < -0.3 is 19.5 Å². The van der Waals surface area contributed by atoms with Gasteiger partial charge in [-0.05, 0) is 48.4 Å². The molecule has 5 rings (SSSR count). The van der Waals surface area contributed by atoms with Gasteiger partial charge in [-0.25, -0.2) is 0 Å². The molecule has 2 aromatic carbocycles. The predicted octanol–water partition coefficient (Wildman–Crippen LogP) is 3.05. The zero-order valence-electron chi connectivity index (χ0n) is 20.1. The van der Waals surface area contributed by atoms with Crippen LogP contribution >= 0.6 is 0 Å². The molecule has 8 nitrogen and oxygen atoms in total. The van der Waals surface area contributed by atoms with Crippen LogP contribution in [0.4, 0.5) is 0 Å². The lowest BCUT2D eigenvalue weighted by Gasteiger charge is -2.33. The maximum Gasteiger partial charge on any atom is 0.287 e. The lowest BCUT2D eigenvalue weighted by molar-refractivity contribution is -0.131. The number of carbonyl (C=O) groups is 3. The Labute approximate surface area is 208 Å². The first-order chi connectivity index (χ1) is 17.5. The second-order valence-electron chi connectivity index (χ2n) is 9.43. The molecule has 2 aliphatic heterocycles. The molecule has 0 atom stereocenters. The maximum atomic E-state index is 12.8. The third kappa shape index (κ3) is 5.03. The summed E-state index contributed by atoms with van der Waals surface area (Å²) in [6.07, 6.45) is 3.20. The molecule has 3 heterocycles. The number of likely N-dealkylation sites (tertiary alicyclic amines) is 2. The Balaban J connectivity index is 1.16. The summed E-state index contributed by atoms with van der Waals surface area (Å²) in [7, 11) is 0. The molecule has 0 unspecified atom stereocenters. The molecule has 1 N–H and O–H groups in total. The number of fused-ring (bicyclic) bond motifs is 1. The third-order valence-electron chi connectivity index (χ3n) is 7.13. The van der Waals surface area contributed by atoms with Gasteiger partial charge in [0.05, 0.1) is 11.9 Å². The van der Waals surface area contributed by atoms with E-state index in [0.717, 1.165) is 31.9 Å². The van der Waals surface area contributed by atoms with Gasteiger partial charge in [0.2, 0.25) is 11.8 Å². The number of amides is 3. The molecule has 0 aliphatic carbocycles. The van der Waals surface area contributed by atoms with Gasteiger partial charge in [0, 0.05) is 38.7 Å². The van der Waals surface area contributed by atoms with Crippen molar-refractivity contribution in [2.24, 2.45) is 0 Å². The average Bonchev–Trinajstić information content (AvgIpc) is 3.31. The van der Waals surface area contributed by atoms with Gasteiger partial charge >= 0.3 is 0 Å². The van der Waals surface area contributed by atoms with Crippen LogP contribution in [-0.2, 0) is 16.1 Å². The number of nitrogens with zero attached hydrogens (tertiary/aromatic N) is 2. The summed E-state index contributed by atoms with van der Waals surface area (Å²) in [5.74, 6) is -0.328. The van der Waals surface area contributed by atoms with Crippen LogP contribution in [0.3, 0.4) is 0 Å². The van der Waals surface area contributed by atoms with Crippen molar-refractivity contribution in [1.82, 2.24) is 15.1 Å². The quantitative estimate of drug-likeness (QED) is 0.576. The molecule has 3 amide bonds. The number of rotatable bonds is 6. The Morgan fingerprint density at radius 3 is 2.50 bits per heavy atom. The lowest BCUT2D eigenvalue weighted by Crippen LogP contribution is -2.44. The predicted molar refractivity (Wildman–Crippen MR) is 134 cm³/mol. The molecule has 0 bridgehead atoms. The summed E-state index contributed by atoms with van der Waals surface area (Å²) in [6, 6.07) is 16.2. The Morgan fingerprint density at radius 1 is 0.972 bits per heavy atom. The molecule has 186 valence electrons. The SMILES string of the molecule is O=C(NCC(=O)N1CCC(c2ccccc2CN2CCCC2=O)CC1)c1cc(=O)c2ccccc2o1. The second kappa shape index (κ2) is 10.4. The highest BCUT2D eigenvalue weighted by molar-refractivity contribution is 5.95. The normalized spacial score (nSPS) is 16.5. The van der Waals surface area contributed by atoms with Crippen LogP contribution < -0.4 is 10.7 Å². The van der Waals surface area contributed by atoms with Crippen LogP contribution in [0, 0.1) is 0 Å². The van der Waals surface area contributed by atoms with Crippen LogP contribution in [0.15, 0.2) is 63.8 Å². The van der Waals surface area contributed by atoms with Crippen molar-refractivity contribution in [1.29, 1.82) is 0 Å². The van der Waals surface area contributed by atoms with E-state index in [-0.39, 0.29) is 29.5 Å². The van der Waals surface area contributed by atoms with E-state index in [9.17, 15) is 19.2 Å². The summed E-state index contributed by atoms with van der Waals surface area (Å²) in [5.41, 5.74) is 2.47. The van der Waals surface area contributed by atoms with Crippen molar-refractivity contribution in [2.45, 2.75) is 38.1 Å². The Morgan fingerprint density at radius 2 is 1.72 bits per heavy atom. The van der Waals surface area contributed by atoms with Gasteiger partial charge in [-0.3, -0.25) is 19.2 Å². The first-order valence-electron chi connectivity index (χ1n) is 12.4. The number of benzene rings is 2. The summed E-state index contributed by atoms with van der Waals surface area (Å²) < 4.78 is 5.55. The molecule has 2 saturated heterocycles. The van der Waals surface area contributed by atoms with Crippen LogP contribution in [0.25, 0.3) is 11.0 Å². The third-order valence-corrected chi connectivity index (χ3v) is 7.13. The van der Waals surface area contributed by atoms with E-state index in [1.165, 1.54) is 11.1 Å². The Kier molecular flexibility index (Phi) is 6.84. The van der Waals surface area contributed by atoms with E-state index >= 15 is 0 Å². The Hall–Kier alpha value is -3.94. The maximum absolute atomic E-state index is 12.8. The monoisotopic (exact) mass is 487 g/mol. The fourth-order valence-corrected chi connectivity index (χ4v) is 5.16. The first-order valence-corrected chi connectivity index (χ1v) is 12.4. The zero-order valence-corrected chi connectivity index (χ0v) is 20.1. The molecule has 0 radical (unpaired) electrons. The van der Waals surface area contributed by atoms with Crippen molar-refractivity contribution < 1.29 is 18.8 Å². The van der Waals surface area contributed by atoms with Crippen molar-refractivity contribution in [3.63, 3.8) is 0 Å². The van der Waals surface area contributed by atoms with Gasteiger partial charge in [0.15, 0.2) is 11.2 Å². The van der Waals surface area contributed by atoms with E-state index in [4.69, 9.17) is 4.42 Å². The molecule has 1 aromatic heterocycles. The van der Waals surface area contributed by atoms with Crippen LogP contribution in [0.1, 0.15) is 53.3 Å². The van der Waals surface area contributed by atoms with Gasteiger partial charge in [-0.2, -0.15) is 0 Å². The van der Waals surface area contributed by atoms with Gasteiger partial charge in [-0.15, -0.1) is 0 Å². The van der Waals surface area contributed by atoms with Crippen molar-refractivity contribution in [2.75, 3.05) is 26.2 Å². The standard InChI is InChI=1S/C28H29N3O5/c32-23-16-25(36-24-9-4-3-8-22(23)24)28(35)29-17-27(34)30-14-11-19(12-15-30)21-7-2-1-6-20(21)18-31-13-5-10-26(31)33/h1-4,6-9,16,19H,5,10-15,17-18H2,(H,29,35). The van der Waals surface area contributed by atoms with Crippen LogP contribution in [0.2, 0.25) is 0 Å².